The van der Waals surface area contributed by atoms with E-state index in [1.54, 1.807) is 23.1 Å². The summed E-state index contributed by atoms with van der Waals surface area (Å²) in [5.41, 5.74) is 2.03. The van der Waals surface area contributed by atoms with Gasteiger partial charge in [0.15, 0.2) is 12.0 Å². The van der Waals surface area contributed by atoms with Crippen LogP contribution in [0.2, 0.25) is 0 Å². The van der Waals surface area contributed by atoms with Gasteiger partial charge in [-0.05, 0) is 31.2 Å². The molecule has 1 fully saturated rings. The van der Waals surface area contributed by atoms with E-state index in [1.165, 1.54) is 0 Å². The number of fused-ring (bicyclic) bond motifs is 1. The Morgan fingerprint density at radius 3 is 2.47 bits per heavy atom. The van der Waals surface area contributed by atoms with Gasteiger partial charge in [0, 0.05) is 37.9 Å². The van der Waals surface area contributed by atoms with E-state index in [4.69, 9.17) is 9.15 Å². The minimum Gasteiger partial charge on any atom is -0.450 e. The molecular formula is C23H22N2O5. The Morgan fingerprint density at radius 1 is 1.00 bits per heavy atom. The molecule has 0 unspecified atom stereocenters. The molecule has 0 aliphatic carbocycles. The van der Waals surface area contributed by atoms with Crippen molar-refractivity contribution in [3.8, 4) is 0 Å². The highest BCUT2D eigenvalue weighted by molar-refractivity contribution is 5.90. The van der Waals surface area contributed by atoms with E-state index in [-0.39, 0.29) is 23.7 Å². The number of nitrogens with zero attached hydrogens (tertiary/aromatic N) is 2. The molecule has 3 aromatic rings. The predicted octanol–water partition coefficient (Wildman–Crippen LogP) is 2.61. The SMILES string of the molecule is Cc1ccc2oc(C(=O)OCC(=O)N3CCN(c4ccccc4)CC3)cc(=O)c2c1. The van der Waals surface area contributed by atoms with Gasteiger partial charge in [0.25, 0.3) is 5.91 Å². The average molecular weight is 406 g/mol. The number of hydrogen-bond acceptors (Lipinski definition) is 6. The van der Waals surface area contributed by atoms with Gasteiger partial charge in [0.2, 0.25) is 5.76 Å². The lowest BCUT2D eigenvalue weighted by molar-refractivity contribution is -0.134. The van der Waals surface area contributed by atoms with Crippen molar-refractivity contribution in [1.29, 1.82) is 0 Å². The standard InChI is InChI=1S/C23H22N2O5/c1-16-7-8-20-18(13-16)19(26)14-21(30-20)23(28)29-15-22(27)25-11-9-24(10-12-25)17-5-3-2-4-6-17/h2-8,13-14H,9-12,15H2,1H3. The first-order chi connectivity index (χ1) is 14.5. The molecule has 0 N–H and O–H groups in total. The summed E-state index contributed by atoms with van der Waals surface area (Å²) in [6.07, 6.45) is 0. The van der Waals surface area contributed by atoms with Gasteiger partial charge >= 0.3 is 5.97 Å². The van der Waals surface area contributed by atoms with Crippen LogP contribution in [-0.2, 0) is 9.53 Å². The number of para-hydroxylation sites is 1. The molecule has 0 spiro atoms. The number of aryl methyl sites for hydroxylation is 1. The van der Waals surface area contributed by atoms with Crippen molar-refractivity contribution in [2.75, 3.05) is 37.7 Å². The van der Waals surface area contributed by atoms with E-state index in [9.17, 15) is 14.4 Å². The summed E-state index contributed by atoms with van der Waals surface area (Å²) in [4.78, 5) is 40.9. The topological polar surface area (TPSA) is 80.1 Å². The molecular weight excluding hydrogens is 384 g/mol. The van der Waals surface area contributed by atoms with Crippen molar-refractivity contribution in [1.82, 2.24) is 4.90 Å². The van der Waals surface area contributed by atoms with Crippen LogP contribution < -0.4 is 10.3 Å². The van der Waals surface area contributed by atoms with Crippen LogP contribution in [0.3, 0.4) is 0 Å². The molecule has 1 saturated heterocycles. The highest BCUT2D eigenvalue weighted by atomic mass is 16.5. The van der Waals surface area contributed by atoms with Crippen molar-refractivity contribution < 1.29 is 18.7 Å². The fraction of sp³-hybridized carbons (Fsp3) is 0.261. The number of hydrogen-bond donors (Lipinski definition) is 0. The van der Waals surface area contributed by atoms with Crippen LogP contribution in [0.5, 0.6) is 0 Å². The highest BCUT2D eigenvalue weighted by Crippen LogP contribution is 2.16. The summed E-state index contributed by atoms with van der Waals surface area (Å²) in [5, 5.41) is 0.402. The van der Waals surface area contributed by atoms with Gasteiger partial charge in [0.1, 0.15) is 5.58 Å². The third kappa shape index (κ3) is 4.20. The first kappa shape index (κ1) is 19.7. The fourth-order valence-electron chi connectivity index (χ4n) is 3.51. The zero-order valence-corrected chi connectivity index (χ0v) is 16.7. The molecule has 30 heavy (non-hydrogen) atoms. The fourth-order valence-corrected chi connectivity index (χ4v) is 3.51. The Labute approximate surface area is 173 Å². The first-order valence-electron chi connectivity index (χ1n) is 9.81. The number of carbonyl (C=O) groups is 2. The van der Waals surface area contributed by atoms with E-state index < -0.39 is 5.97 Å². The molecule has 4 rings (SSSR count). The minimum absolute atomic E-state index is 0.210. The summed E-state index contributed by atoms with van der Waals surface area (Å²) in [7, 11) is 0. The molecule has 0 radical (unpaired) electrons. The van der Waals surface area contributed by atoms with E-state index in [1.807, 2.05) is 37.3 Å². The van der Waals surface area contributed by atoms with Crippen LogP contribution >= 0.6 is 0 Å². The molecule has 154 valence electrons. The Kier molecular flexibility index (Phi) is 5.52. The second-order valence-corrected chi connectivity index (χ2v) is 7.25. The number of anilines is 1. The van der Waals surface area contributed by atoms with E-state index in [2.05, 4.69) is 4.90 Å². The van der Waals surface area contributed by atoms with Crippen molar-refractivity contribution in [2.45, 2.75) is 6.92 Å². The van der Waals surface area contributed by atoms with Crippen LogP contribution in [0.4, 0.5) is 5.69 Å². The summed E-state index contributed by atoms with van der Waals surface area (Å²) in [6.45, 7) is 4.00. The summed E-state index contributed by atoms with van der Waals surface area (Å²) in [6, 6.07) is 16.3. The quantitative estimate of drug-likeness (QED) is 0.620. The van der Waals surface area contributed by atoms with Gasteiger partial charge in [-0.3, -0.25) is 9.59 Å². The van der Waals surface area contributed by atoms with Crippen molar-refractivity contribution in [3.05, 3.63) is 76.1 Å². The Morgan fingerprint density at radius 2 is 1.73 bits per heavy atom. The molecule has 0 atom stereocenters. The Balaban J connectivity index is 1.34. The zero-order chi connectivity index (χ0) is 21.1. The molecule has 1 aliphatic rings. The number of amides is 1. The van der Waals surface area contributed by atoms with Crippen LogP contribution in [0, 0.1) is 6.92 Å². The molecule has 1 aliphatic heterocycles. The molecule has 7 heteroatoms. The van der Waals surface area contributed by atoms with E-state index in [0.717, 1.165) is 17.3 Å². The van der Waals surface area contributed by atoms with Crippen LogP contribution in [0.1, 0.15) is 16.1 Å². The lowest BCUT2D eigenvalue weighted by atomic mass is 10.1. The molecule has 2 heterocycles. The average Bonchev–Trinajstić information content (AvgIpc) is 2.78. The third-order valence-electron chi connectivity index (χ3n) is 5.16. The summed E-state index contributed by atoms with van der Waals surface area (Å²) in [5.74, 6) is -1.31. The smallest absolute Gasteiger partial charge is 0.374 e. The normalized spacial score (nSPS) is 14.0. The van der Waals surface area contributed by atoms with Gasteiger partial charge in [0.05, 0.1) is 5.39 Å². The van der Waals surface area contributed by atoms with Crippen LogP contribution in [-0.4, -0.2) is 49.6 Å². The zero-order valence-electron chi connectivity index (χ0n) is 16.7. The predicted molar refractivity (Wildman–Crippen MR) is 113 cm³/mol. The Bertz CT molecular complexity index is 1130. The molecule has 0 saturated carbocycles. The molecule has 1 amide bonds. The highest BCUT2D eigenvalue weighted by Gasteiger charge is 2.23. The number of benzene rings is 2. The molecule has 1 aromatic heterocycles. The van der Waals surface area contributed by atoms with Gasteiger partial charge in [-0.2, -0.15) is 0 Å². The van der Waals surface area contributed by atoms with Gasteiger partial charge < -0.3 is 19.0 Å². The van der Waals surface area contributed by atoms with E-state index >= 15 is 0 Å². The van der Waals surface area contributed by atoms with Crippen molar-refractivity contribution >= 4 is 28.5 Å². The summed E-state index contributed by atoms with van der Waals surface area (Å²) >= 11 is 0. The number of carbonyl (C=O) groups excluding carboxylic acids is 2. The maximum atomic E-state index is 12.4. The lowest BCUT2D eigenvalue weighted by Gasteiger charge is -2.36. The number of rotatable bonds is 4. The second kappa shape index (κ2) is 8.41. The van der Waals surface area contributed by atoms with Crippen LogP contribution in [0.15, 0.2) is 63.8 Å². The van der Waals surface area contributed by atoms with Crippen LogP contribution in [0.25, 0.3) is 11.0 Å². The number of piperazine rings is 1. The first-order valence-corrected chi connectivity index (χ1v) is 9.81. The number of ether oxygens (including phenoxy) is 1. The van der Waals surface area contributed by atoms with Gasteiger partial charge in [-0.1, -0.05) is 29.8 Å². The van der Waals surface area contributed by atoms with Gasteiger partial charge in [-0.15, -0.1) is 0 Å². The maximum absolute atomic E-state index is 12.4. The molecule has 7 nitrogen and oxygen atoms in total. The van der Waals surface area contributed by atoms with Crippen molar-refractivity contribution in [2.24, 2.45) is 0 Å². The molecule has 2 aromatic carbocycles. The minimum atomic E-state index is -0.828. The monoisotopic (exact) mass is 406 g/mol. The third-order valence-corrected chi connectivity index (χ3v) is 5.16. The summed E-state index contributed by atoms with van der Waals surface area (Å²) < 4.78 is 10.6. The van der Waals surface area contributed by atoms with Crippen molar-refractivity contribution in [3.63, 3.8) is 0 Å². The Hall–Kier alpha value is -3.61. The largest absolute Gasteiger partial charge is 0.450 e. The van der Waals surface area contributed by atoms with Gasteiger partial charge in [-0.25, -0.2) is 4.79 Å². The second-order valence-electron chi connectivity index (χ2n) is 7.25. The maximum Gasteiger partial charge on any atom is 0.374 e. The van der Waals surface area contributed by atoms with E-state index in [0.29, 0.717) is 37.1 Å². The lowest BCUT2D eigenvalue weighted by Crippen LogP contribution is -2.49. The number of esters is 1. The molecule has 0 bridgehead atoms.